The SMILES string of the molecule is COc1ccc(-c2ccc(CCC(=O)N3CCN(S(=O)(=O)c4cccc([N+](=O)[O-])c4)CC3)o2)cc1. The van der Waals surface area contributed by atoms with E-state index in [0.29, 0.717) is 17.9 Å². The summed E-state index contributed by atoms with van der Waals surface area (Å²) in [6, 6.07) is 16.2. The Labute approximate surface area is 202 Å². The summed E-state index contributed by atoms with van der Waals surface area (Å²) < 4.78 is 38.1. The second-order valence-corrected chi connectivity index (χ2v) is 9.97. The molecule has 0 spiro atoms. The smallest absolute Gasteiger partial charge is 0.270 e. The topological polar surface area (TPSA) is 123 Å². The third-order valence-electron chi connectivity index (χ3n) is 5.88. The first kappa shape index (κ1) is 24.4. The summed E-state index contributed by atoms with van der Waals surface area (Å²) in [7, 11) is -2.28. The van der Waals surface area contributed by atoms with Gasteiger partial charge in [0.1, 0.15) is 17.3 Å². The predicted molar refractivity (Wildman–Crippen MR) is 127 cm³/mol. The summed E-state index contributed by atoms with van der Waals surface area (Å²) in [5.41, 5.74) is 0.623. The molecule has 35 heavy (non-hydrogen) atoms. The standard InChI is InChI=1S/C24H25N3O7S/c1-33-20-7-5-18(6-8-20)23-11-9-21(34-23)10-12-24(28)25-13-15-26(16-14-25)35(31,32)22-4-2-3-19(17-22)27(29)30/h2-9,11,17H,10,12-16H2,1H3. The van der Waals surface area contributed by atoms with E-state index >= 15 is 0 Å². The fraction of sp³-hybridized carbons (Fsp3) is 0.292. The van der Waals surface area contributed by atoms with Gasteiger partial charge in [0.2, 0.25) is 15.9 Å². The minimum Gasteiger partial charge on any atom is -0.497 e. The number of amides is 1. The fourth-order valence-electron chi connectivity index (χ4n) is 3.90. The summed E-state index contributed by atoms with van der Waals surface area (Å²) in [5.74, 6) is 2.06. The summed E-state index contributed by atoms with van der Waals surface area (Å²) in [6.07, 6.45) is 0.675. The number of rotatable bonds is 8. The highest BCUT2D eigenvalue weighted by Gasteiger charge is 2.31. The average molecular weight is 500 g/mol. The lowest BCUT2D eigenvalue weighted by molar-refractivity contribution is -0.385. The number of benzene rings is 2. The fourth-order valence-corrected chi connectivity index (χ4v) is 5.36. The zero-order valence-corrected chi connectivity index (χ0v) is 19.9. The predicted octanol–water partition coefficient (Wildman–Crippen LogP) is 3.33. The van der Waals surface area contributed by atoms with Crippen LogP contribution in [0.3, 0.4) is 0 Å². The van der Waals surface area contributed by atoms with Crippen LogP contribution in [-0.4, -0.2) is 61.7 Å². The number of carbonyl (C=O) groups is 1. The number of ether oxygens (including phenoxy) is 1. The lowest BCUT2D eigenvalue weighted by atomic mass is 10.2. The molecule has 0 aliphatic carbocycles. The molecule has 2 heterocycles. The highest BCUT2D eigenvalue weighted by atomic mass is 32.2. The Kier molecular flexibility index (Phi) is 7.17. The zero-order chi connectivity index (χ0) is 25.0. The molecule has 4 rings (SSSR count). The second-order valence-electron chi connectivity index (χ2n) is 8.03. The minimum atomic E-state index is -3.88. The Morgan fingerprint density at radius 2 is 1.77 bits per heavy atom. The van der Waals surface area contributed by atoms with E-state index in [1.54, 1.807) is 12.0 Å². The van der Waals surface area contributed by atoms with E-state index in [1.165, 1.54) is 22.5 Å². The molecule has 0 bridgehead atoms. The number of furan rings is 1. The Bertz CT molecular complexity index is 1310. The van der Waals surface area contributed by atoms with Crippen molar-refractivity contribution < 1.29 is 27.3 Å². The summed E-state index contributed by atoms with van der Waals surface area (Å²) in [6.45, 7) is 0.753. The van der Waals surface area contributed by atoms with Gasteiger partial charge in [-0.05, 0) is 42.5 Å². The van der Waals surface area contributed by atoms with Crippen molar-refractivity contribution in [3.8, 4) is 17.1 Å². The number of non-ortho nitro benzene ring substituents is 1. The summed E-state index contributed by atoms with van der Waals surface area (Å²) in [5, 5.41) is 11.0. The van der Waals surface area contributed by atoms with E-state index in [4.69, 9.17) is 9.15 Å². The summed E-state index contributed by atoms with van der Waals surface area (Å²) >= 11 is 0. The number of aryl methyl sites for hydroxylation is 1. The molecule has 3 aromatic rings. The van der Waals surface area contributed by atoms with Gasteiger partial charge in [0.05, 0.1) is 16.9 Å². The second kappa shape index (κ2) is 10.3. The molecule has 1 aliphatic rings. The van der Waals surface area contributed by atoms with Crippen molar-refractivity contribution in [2.24, 2.45) is 0 Å². The van der Waals surface area contributed by atoms with E-state index in [2.05, 4.69) is 0 Å². The van der Waals surface area contributed by atoms with Crippen LogP contribution in [0.1, 0.15) is 12.2 Å². The number of piperazine rings is 1. The maximum absolute atomic E-state index is 12.9. The van der Waals surface area contributed by atoms with Gasteiger partial charge in [-0.25, -0.2) is 8.42 Å². The molecule has 11 heteroatoms. The molecule has 0 N–H and O–H groups in total. The molecule has 0 saturated carbocycles. The number of carbonyl (C=O) groups excluding carboxylic acids is 1. The lowest BCUT2D eigenvalue weighted by Crippen LogP contribution is -2.50. The van der Waals surface area contributed by atoms with E-state index in [9.17, 15) is 23.3 Å². The van der Waals surface area contributed by atoms with Crippen LogP contribution in [0.2, 0.25) is 0 Å². The normalized spacial score (nSPS) is 14.6. The van der Waals surface area contributed by atoms with E-state index in [-0.39, 0.29) is 49.1 Å². The van der Waals surface area contributed by atoms with Crippen molar-refractivity contribution in [1.29, 1.82) is 0 Å². The molecular weight excluding hydrogens is 474 g/mol. The molecule has 0 atom stereocenters. The Balaban J connectivity index is 1.30. The lowest BCUT2D eigenvalue weighted by Gasteiger charge is -2.34. The van der Waals surface area contributed by atoms with Gasteiger partial charge < -0.3 is 14.1 Å². The van der Waals surface area contributed by atoms with E-state index in [0.717, 1.165) is 17.4 Å². The van der Waals surface area contributed by atoms with Crippen LogP contribution in [0.5, 0.6) is 5.75 Å². The number of sulfonamides is 1. The summed E-state index contributed by atoms with van der Waals surface area (Å²) in [4.78, 5) is 24.5. The van der Waals surface area contributed by atoms with Crippen LogP contribution in [0.15, 0.2) is 70.0 Å². The molecule has 1 aromatic heterocycles. The maximum atomic E-state index is 12.9. The number of hydrogen-bond donors (Lipinski definition) is 0. The number of hydrogen-bond acceptors (Lipinski definition) is 7. The van der Waals surface area contributed by atoms with Gasteiger partial charge in [-0.15, -0.1) is 0 Å². The molecule has 0 radical (unpaired) electrons. The van der Waals surface area contributed by atoms with Gasteiger partial charge in [-0.2, -0.15) is 4.31 Å². The molecule has 2 aromatic carbocycles. The van der Waals surface area contributed by atoms with Crippen molar-refractivity contribution in [2.45, 2.75) is 17.7 Å². The molecule has 1 saturated heterocycles. The van der Waals surface area contributed by atoms with Crippen LogP contribution >= 0.6 is 0 Å². The molecule has 1 aliphatic heterocycles. The first-order valence-electron chi connectivity index (χ1n) is 11.0. The third-order valence-corrected chi connectivity index (χ3v) is 7.77. The van der Waals surface area contributed by atoms with Crippen molar-refractivity contribution >= 4 is 21.6 Å². The Morgan fingerprint density at radius 3 is 2.43 bits per heavy atom. The number of nitro groups is 1. The Hall–Kier alpha value is -3.70. The van der Waals surface area contributed by atoms with Crippen LogP contribution < -0.4 is 4.74 Å². The molecule has 1 fully saturated rings. The first-order chi connectivity index (χ1) is 16.8. The molecule has 0 unspecified atom stereocenters. The Morgan fingerprint density at radius 1 is 1.06 bits per heavy atom. The molecule has 184 valence electrons. The first-order valence-corrected chi connectivity index (χ1v) is 12.5. The highest BCUT2D eigenvalue weighted by Crippen LogP contribution is 2.26. The number of nitrogens with zero attached hydrogens (tertiary/aromatic N) is 3. The maximum Gasteiger partial charge on any atom is 0.270 e. The number of methoxy groups -OCH3 is 1. The van der Waals surface area contributed by atoms with Gasteiger partial charge >= 0.3 is 0 Å². The van der Waals surface area contributed by atoms with Gasteiger partial charge in [-0.1, -0.05) is 6.07 Å². The van der Waals surface area contributed by atoms with Gasteiger partial charge in [0.15, 0.2) is 0 Å². The van der Waals surface area contributed by atoms with E-state index < -0.39 is 14.9 Å². The molecule has 1 amide bonds. The molecular formula is C24H25N3O7S. The van der Waals surface area contributed by atoms with E-state index in [1.807, 2.05) is 36.4 Å². The third kappa shape index (κ3) is 5.52. The van der Waals surface area contributed by atoms with Crippen molar-refractivity contribution in [2.75, 3.05) is 33.3 Å². The monoisotopic (exact) mass is 499 g/mol. The van der Waals surface area contributed by atoms with Crippen molar-refractivity contribution in [3.05, 3.63) is 76.5 Å². The molecule has 10 nitrogen and oxygen atoms in total. The van der Waals surface area contributed by atoms with Gasteiger partial charge in [0.25, 0.3) is 5.69 Å². The van der Waals surface area contributed by atoms with Crippen molar-refractivity contribution in [3.63, 3.8) is 0 Å². The average Bonchev–Trinajstić information content (AvgIpc) is 3.36. The number of nitro benzene ring substituents is 1. The minimum absolute atomic E-state index is 0.0835. The quantitative estimate of drug-likeness (QED) is 0.344. The van der Waals surface area contributed by atoms with Crippen LogP contribution in [-0.2, 0) is 21.2 Å². The van der Waals surface area contributed by atoms with Crippen molar-refractivity contribution in [1.82, 2.24) is 9.21 Å². The van der Waals surface area contributed by atoms with Crippen LogP contribution in [0.25, 0.3) is 11.3 Å². The van der Waals surface area contributed by atoms with Crippen LogP contribution in [0, 0.1) is 10.1 Å². The highest BCUT2D eigenvalue weighted by molar-refractivity contribution is 7.89. The largest absolute Gasteiger partial charge is 0.497 e. The van der Waals surface area contributed by atoms with Crippen LogP contribution in [0.4, 0.5) is 5.69 Å². The zero-order valence-electron chi connectivity index (χ0n) is 19.1. The van der Waals surface area contributed by atoms with Gasteiger partial charge in [0, 0.05) is 56.7 Å². The van der Waals surface area contributed by atoms with Gasteiger partial charge in [-0.3, -0.25) is 14.9 Å².